The van der Waals surface area contributed by atoms with Crippen LogP contribution in [0.15, 0.2) is 29.2 Å². The molecule has 0 atom stereocenters. The third-order valence-electron chi connectivity index (χ3n) is 5.13. The molecule has 8 heteroatoms. The summed E-state index contributed by atoms with van der Waals surface area (Å²) in [6.45, 7) is 5.59. The number of sulfonamides is 1. The summed E-state index contributed by atoms with van der Waals surface area (Å²) in [4.78, 5) is 0.377. The lowest BCUT2D eigenvalue weighted by molar-refractivity contribution is 0.307. The molecule has 1 N–H and O–H groups in total. The van der Waals surface area contributed by atoms with Crippen LogP contribution in [0.3, 0.4) is 0 Å². The molecule has 2 aliphatic heterocycles. The molecule has 1 fully saturated rings. The molecule has 3 heterocycles. The van der Waals surface area contributed by atoms with Crippen LogP contribution in [-0.2, 0) is 23.1 Å². The van der Waals surface area contributed by atoms with Crippen LogP contribution in [0, 0.1) is 6.92 Å². The van der Waals surface area contributed by atoms with Crippen LogP contribution in [0.25, 0.3) is 0 Å². The summed E-state index contributed by atoms with van der Waals surface area (Å²) in [7, 11) is -3.41. The fraction of sp³-hybridized carbons (Fsp3) is 0.529. The van der Waals surface area contributed by atoms with Gasteiger partial charge in [-0.1, -0.05) is 17.7 Å². The Hall–Kier alpha value is -1.77. The van der Waals surface area contributed by atoms with E-state index in [1.807, 2.05) is 19.1 Å². The maximum absolute atomic E-state index is 12.8. The first-order chi connectivity index (χ1) is 12.1. The van der Waals surface area contributed by atoms with E-state index in [0.29, 0.717) is 18.0 Å². The Labute approximate surface area is 148 Å². The number of aryl methyl sites for hydroxylation is 1. The van der Waals surface area contributed by atoms with E-state index in [2.05, 4.69) is 20.1 Å². The number of nitrogens with one attached hydrogen (secondary N) is 1. The molecular weight excluding hydrogens is 338 g/mol. The standard InChI is InChI=1S/C17H23N5O2S/c1-13-2-4-15(5-3-13)25(23,24)21-9-6-14(7-10-21)17-20-19-16-12-18-8-11-22(16)17/h2-5,14,18H,6-12H2,1H3. The summed E-state index contributed by atoms with van der Waals surface area (Å²) in [5.74, 6) is 2.28. The molecule has 1 aromatic carbocycles. The van der Waals surface area contributed by atoms with Gasteiger partial charge in [0, 0.05) is 32.1 Å². The molecular formula is C17H23N5O2S. The fourth-order valence-electron chi connectivity index (χ4n) is 3.63. The largest absolute Gasteiger partial charge is 0.312 e. The summed E-state index contributed by atoms with van der Waals surface area (Å²) < 4.78 is 29.4. The van der Waals surface area contributed by atoms with Crippen molar-refractivity contribution in [3.8, 4) is 0 Å². The topological polar surface area (TPSA) is 80.1 Å². The molecule has 4 rings (SSSR count). The first kappa shape index (κ1) is 16.7. The van der Waals surface area contributed by atoms with Crippen molar-refractivity contribution >= 4 is 10.0 Å². The van der Waals surface area contributed by atoms with Crippen molar-refractivity contribution < 1.29 is 8.42 Å². The Morgan fingerprint density at radius 3 is 2.52 bits per heavy atom. The minimum Gasteiger partial charge on any atom is -0.312 e. The minimum absolute atomic E-state index is 0.281. The Morgan fingerprint density at radius 2 is 1.80 bits per heavy atom. The van der Waals surface area contributed by atoms with Crippen molar-refractivity contribution in [1.29, 1.82) is 0 Å². The van der Waals surface area contributed by atoms with Crippen LogP contribution in [-0.4, -0.2) is 47.1 Å². The average Bonchev–Trinajstić information content (AvgIpc) is 3.06. The third-order valence-corrected chi connectivity index (χ3v) is 7.04. The van der Waals surface area contributed by atoms with E-state index < -0.39 is 10.0 Å². The molecule has 1 saturated heterocycles. The molecule has 0 aliphatic carbocycles. The molecule has 0 bridgehead atoms. The molecule has 0 radical (unpaired) electrons. The lowest BCUT2D eigenvalue weighted by Crippen LogP contribution is -2.38. The summed E-state index contributed by atoms with van der Waals surface area (Å²) in [6.07, 6.45) is 1.58. The second-order valence-corrected chi connectivity index (χ2v) is 8.73. The van der Waals surface area contributed by atoms with Crippen LogP contribution >= 0.6 is 0 Å². The molecule has 134 valence electrons. The van der Waals surface area contributed by atoms with Gasteiger partial charge in [0.05, 0.1) is 11.4 Å². The van der Waals surface area contributed by atoms with Crippen molar-refractivity contribution in [3.63, 3.8) is 0 Å². The van der Waals surface area contributed by atoms with Crippen molar-refractivity contribution in [3.05, 3.63) is 41.5 Å². The van der Waals surface area contributed by atoms with Gasteiger partial charge >= 0.3 is 0 Å². The van der Waals surface area contributed by atoms with E-state index in [1.54, 1.807) is 16.4 Å². The number of hydrogen-bond acceptors (Lipinski definition) is 5. The number of fused-ring (bicyclic) bond motifs is 1. The van der Waals surface area contributed by atoms with Gasteiger partial charge in [0.1, 0.15) is 11.6 Å². The van der Waals surface area contributed by atoms with E-state index in [4.69, 9.17) is 0 Å². The summed E-state index contributed by atoms with van der Waals surface area (Å²) >= 11 is 0. The first-order valence-corrected chi connectivity index (χ1v) is 10.2. The monoisotopic (exact) mass is 361 g/mol. The summed E-state index contributed by atoms with van der Waals surface area (Å²) in [6, 6.07) is 7.07. The van der Waals surface area contributed by atoms with Gasteiger partial charge in [0.2, 0.25) is 10.0 Å². The van der Waals surface area contributed by atoms with Crippen molar-refractivity contribution in [2.45, 2.75) is 43.7 Å². The minimum atomic E-state index is -3.41. The third kappa shape index (κ3) is 3.09. The van der Waals surface area contributed by atoms with Crippen LogP contribution in [0.1, 0.15) is 36.0 Å². The van der Waals surface area contributed by atoms with E-state index in [9.17, 15) is 8.42 Å². The highest BCUT2D eigenvalue weighted by molar-refractivity contribution is 7.89. The number of rotatable bonds is 3. The highest BCUT2D eigenvalue weighted by Gasteiger charge is 2.32. The van der Waals surface area contributed by atoms with Gasteiger partial charge in [0.15, 0.2) is 0 Å². The number of aromatic nitrogens is 3. The van der Waals surface area contributed by atoms with Crippen molar-refractivity contribution in [2.24, 2.45) is 0 Å². The lowest BCUT2D eigenvalue weighted by atomic mass is 9.97. The molecule has 2 aliphatic rings. The molecule has 0 amide bonds. The van der Waals surface area contributed by atoms with Gasteiger partial charge in [0.25, 0.3) is 0 Å². The molecule has 0 saturated carbocycles. The second-order valence-electron chi connectivity index (χ2n) is 6.79. The number of benzene rings is 1. The molecule has 25 heavy (non-hydrogen) atoms. The Balaban J connectivity index is 1.48. The van der Waals surface area contributed by atoms with Crippen LogP contribution in [0.4, 0.5) is 0 Å². The molecule has 0 spiro atoms. The zero-order chi connectivity index (χ0) is 17.4. The van der Waals surface area contributed by atoms with Gasteiger partial charge in [-0.25, -0.2) is 8.42 Å². The fourth-order valence-corrected chi connectivity index (χ4v) is 5.10. The lowest BCUT2D eigenvalue weighted by Gasteiger charge is -2.31. The maximum Gasteiger partial charge on any atom is 0.243 e. The highest BCUT2D eigenvalue weighted by atomic mass is 32.2. The normalized spacial score (nSPS) is 19.7. The zero-order valence-electron chi connectivity index (χ0n) is 14.4. The van der Waals surface area contributed by atoms with Crippen LogP contribution < -0.4 is 5.32 Å². The predicted octanol–water partition coefficient (Wildman–Crippen LogP) is 1.26. The Bertz CT molecular complexity index is 852. The molecule has 1 aromatic heterocycles. The average molecular weight is 361 g/mol. The summed E-state index contributed by atoms with van der Waals surface area (Å²) in [5, 5.41) is 12.0. The molecule has 7 nitrogen and oxygen atoms in total. The van der Waals surface area contributed by atoms with Gasteiger partial charge in [-0.15, -0.1) is 10.2 Å². The van der Waals surface area contributed by atoms with Crippen LogP contribution in [0.5, 0.6) is 0 Å². The van der Waals surface area contributed by atoms with Crippen LogP contribution in [0.2, 0.25) is 0 Å². The van der Waals surface area contributed by atoms with E-state index in [0.717, 1.165) is 49.7 Å². The maximum atomic E-state index is 12.8. The SMILES string of the molecule is Cc1ccc(S(=O)(=O)N2CCC(c3nnc4n3CCNC4)CC2)cc1. The molecule has 0 unspecified atom stereocenters. The molecule has 2 aromatic rings. The van der Waals surface area contributed by atoms with E-state index >= 15 is 0 Å². The second kappa shape index (κ2) is 6.51. The number of hydrogen-bond donors (Lipinski definition) is 1. The van der Waals surface area contributed by atoms with E-state index in [1.165, 1.54) is 0 Å². The zero-order valence-corrected chi connectivity index (χ0v) is 15.2. The first-order valence-electron chi connectivity index (χ1n) is 8.75. The number of nitrogens with zero attached hydrogens (tertiary/aromatic N) is 4. The Morgan fingerprint density at radius 1 is 1.08 bits per heavy atom. The summed E-state index contributed by atoms with van der Waals surface area (Å²) in [5.41, 5.74) is 1.06. The van der Waals surface area contributed by atoms with Gasteiger partial charge in [-0.2, -0.15) is 4.31 Å². The smallest absolute Gasteiger partial charge is 0.243 e. The van der Waals surface area contributed by atoms with Crippen molar-refractivity contribution in [1.82, 2.24) is 24.4 Å². The van der Waals surface area contributed by atoms with Gasteiger partial charge < -0.3 is 9.88 Å². The van der Waals surface area contributed by atoms with Gasteiger partial charge in [-0.05, 0) is 31.9 Å². The number of piperidine rings is 1. The highest BCUT2D eigenvalue weighted by Crippen LogP contribution is 2.30. The van der Waals surface area contributed by atoms with Gasteiger partial charge in [-0.3, -0.25) is 0 Å². The van der Waals surface area contributed by atoms with Crippen molar-refractivity contribution in [2.75, 3.05) is 19.6 Å². The predicted molar refractivity (Wildman–Crippen MR) is 93.6 cm³/mol. The van der Waals surface area contributed by atoms with E-state index in [-0.39, 0.29) is 5.92 Å². The Kier molecular flexibility index (Phi) is 4.35. The quantitative estimate of drug-likeness (QED) is 0.890.